The normalized spacial score (nSPS) is 13.1. The molecule has 6 nitrogen and oxygen atoms in total. The first-order valence-corrected chi connectivity index (χ1v) is 12.2. The van der Waals surface area contributed by atoms with Crippen LogP contribution in [0.4, 0.5) is 5.69 Å². The second-order valence-electron chi connectivity index (χ2n) is 6.81. The molecule has 8 heteroatoms. The Bertz CT molecular complexity index is 1270. The monoisotopic (exact) mass is 452 g/mol. The van der Waals surface area contributed by atoms with Crippen molar-refractivity contribution in [2.24, 2.45) is 0 Å². The molecule has 0 unspecified atom stereocenters. The lowest BCUT2D eigenvalue weighted by molar-refractivity contribution is 0.316. The Morgan fingerprint density at radius 1 is 1.06 bits per heavy atom. The Morgan fingerprint density at radius 2 is 1.77 bits per heavy atom. The van der Waals surface area contributed by atoms with Gasteiger partial charge in [-0.1, -0.05) is 12.1 Å². The van der Waals surface area contributed by atoms with Crippen molar-refractivity contribution in [2.75, 3.05) is 30.8 Å². The number of benzene rings is 3. The van der Waals surface area contributed by atoms with Crippen LogP contribution in [0.3, 0.4) is 0 Å². The number of hydrogen-bond acceptors (Lipinski definition) is 6. The highest BCUT2D eigenvalue weighted by molar-refractivity contribution is 7.98. The summed E-state index contributed by atoms with van der Waals surface area (Å²) in [5.41, 5.74) is 2.53. The van der Waals surface area contributed by atoms with Crippen LogP contribution in [0.2, 0.25) is 0 Å². The summed E-state index contributed by atoms with van der Waals surface area (Å²) in [6.07, 6.45) is 1.95. The summed E-state index contributed by atoms with van der Waals surface area (Å²) < 4.78 is 39.2. The number of methoxy groups -OCH3 is 1. The van der Waals surface area contributed by atoms with Crippen molar-refractivity contribution in [3.8, 4) is 28.7 Å². The maximum Gasteiger partial charge on any atom is 0.264 e. The highest BCUT2D eigenvalue weighted by Gasteiger charge is 2.30. The van der Waals surface area contributed by atoms with E-state index in [4.69, 9.17) is 9.47 Å². The van der Waals surface area contributed by atoms with Gasteiger partial charge in [0.15, 0.2) is 0 Å². The summed E-state index contributed by atoms with van der Waals surface area (Å²) in [6.45, 7) is 0.499. The van der Waals surface area contributed by atoms with E-state index in [1.807, 2.05) is 18.4 Å². The number of hydrogen-bond donors (Lipinski definition) is 0. The van der Waals surface area contributed by atoms with Gasteiger partial charge in [0.1, 0.15) is 24.2 Å². The molecule has 4 rings (SSSR count). The maximum absolute atomic E-state index is 13.4. The zero-order chi connectivity index (χ0) is 22.0. The Kier molecular flexibility index (Phi) is 5.81. The summed E-state index contributed by atoms with van der Waals surface area (Å²) in [4.78, 5) is 1.24. The molecule has 0 aliphatic carbocycles. The number of anilines is 1. The lowest BCUT2D eigenvalue weighted by atomic mass is 10.0. The molecule has 1 aliphatic rings. The van der Waals surface area contributed by atoms with Gasteiger partial charge in [0.05, 0.1) is 29.8 Å². The molecule has 158 valence electrons. The van der Waals surface area contributed by atoms with E-state index in [1.165, 1.54) is 11.4 Å². The van der Waals surface area contributed by atoms with Gasteiger partial charge in [-0.15, -0.1) is 11.8 Å². The topological polar surface area (TPSA) is 79.6 Å². The Morgan fingerprint density at radius 3 is 2.45 bits per heavy atom. The lowest BCUT2D eigenvalue weighted by Crippen LogP contribution is -2.37. The molecule has 0 saturated heterocycles. The first-order valence-electron chi connectivity index (χ1n) is 9.50. The molecular weight excluding hydrogens is 432 g/mol. The first kappa shape index (κ1) is 21.1. The van der Waals surface area contributed by atoms with Crippen LogP contribution in [-0.2, 0) is 10.0 Å². The van der Waals surface area contributed by atoms with Crippen LogP contribution in [0.15, 0.2) is 70.5 Å². The van der Waals surface area contributed by atoms with Crippen molar-refractivity contribution in [3.63, 3.8) is 0 Å². The van der Waals surface area contributed by atoms with Crippen molar-refractivity contribution in [3.05, 3.63) is 66.2 Å². The lowest BCUT2D eigenvalue weighted by Gasteiger charge is -2.31. The van der Waals surface area contributed by atoms with E-state index in [2.05, 4.69) is 6.07 Å². The number of sulfonamides is 1. The minimum absolute atomic E-state index is 0.222. The number of thioether (sulfide) groups is 1. The van der Waals surface area contributed by atoms with Gasteiger partial charge < -0.3 is 9.47 Å². The summed E-state index contributed by atoms with van der Waals surface area (Å²) in [5.74, 6) is 0.979. The van der Waals surface area contributed by atoms with Crippen LogP contribution in [-0.4, -0.2) is 34.9 Å². The Balaban J connectivity index is 1.77. The van der Waals surface area contributed by atoms with Gasteiger partial charge in [0.2, 0.25) is 0 Å². The molecule has 3 aromatic rings. The second kappa shape index (κ2) is 8.53. The minimum atomic E-state index is -3.75. The third-order valence-corrected chi connectivity index (χ3v) is 7.65. The van der Waals surface area contributed by atoms with Crippen molar-refractivity contribution in [1.82, 2.24) is 0 Å². The fourth-order valence-electron chi connectivity index (χ4n) is 3.46. The number of nitrogens with zero attached hydrogens (tertiary/aromatic N) is 2. The SMILES string of the molecule is COc1cc(-c2ccc3c(c2)N(S(=O)(=O)c2ccc(SC)cc2)CCO3)ccc1C#N. The third-order valence-electron chi connectivity index (χ3n) is 5.08. The molecule has 0 atom stereocenters. The van der Waals surface area contributed by atoms with Crippen molar-refractivity contribution in [1.29, 1.82) is 5.26 Å². The maximum atomic E-state index is 13.4. The van der Waals surface area contributed by atoms with Crippen molar-refractivity contribution < 1.29 is 17.9 Å². The zero-order valence-corrected chi connectivity index (χ0v) is 18.7. The molecule has 1 aliphatic heterocycles. The van der Waals surface area contributed by atoms with E-state index in [-0.39, 0.29) is 18.0 Å². The van der Waals surface area contributed by atoms with Crippen LogP contribution < -0.4 is 13.8 Å². The van der Waals surface area contributed by atoms with E-state index in [0.29, 0.717) is 22.7 Å². The molecule has 0 bridgehead atoms. The van der Waals surface area contributed by atoms with Gasteiger partial charge in [0, 0.05) is 4.90 Å². The van der Waals surface area contributed by atoms with Gasteiger partial charge in [-0.25, -0.2) is 8.42 Å². The van der Waals surface area contributed by atoms with Crippen LogP contribution in [0, 0.1) is 11.3 Å². The zero-order valence-electron chi connectivity index (χ0n) is 17.0. The second-order valence-corrected chi connectivity index (χ2v) is 9.55. The van der Waals surface area contributed by atoms with Crippen molar-refractivity contribution >= 4 is 27.5 Å². The number of ether oxygens (including phenoxy) is 2. The van der Waals surface area contributed by atoms with Gasteiger partial charge in [-0.05, 0) is 65.9 Å². The standard InChI is InChI=1S/C23H20N2O4S2/c1-28-23-14-17(3-4-18(23)15-24)16-5-10-22-21(13-16)25(11-12-29-22)31(26,27)20-8-6-19(30-2)7-9-20/h3-10,13-14H,11-12H2,1-2H3. The summed E-state index contributed by atoms with van der Waals surface area (Å²) >= 11 is 1.56. The molecule has 0 N–H and O–H groups in total. The molecule has 0 aromatic heterocycles. The predicted octanol–water partition coefficient (Wildman–Crippen LogP) is 4.54. The van der Waals surface area contributed by atoms with E-state index in [0.717, 1.165) is 16.0 Å². The molecule has 1 heterocycles. The Hall–Kier alpha value is -3.15. The van der Waals surface area contributed by atoms with E-state index in [9.17, 15) is 13.7 Å². The van der Waals surface area contributed by atoms with Gasteiger partial charge in [-0.3, -0.25) is 4.31 Å². The summed E-state index contributed by atoms with van der Waals surface area (Å²) in [7, 11) is -2.24. The van der Waals surface area contributed by atoms with Crippen LogP contribution in [0.1, 0.15) is 5.56 Å². The quantitative estimate of drug-likeness (QED) is 0.529. The van der Waals surface area contributed by atoms with Gasteiger partial charge in [-0.2, -0.15) is 5.26 Å². The Labute approximate surface area is 186 Å². The summed E-state index contributed by atoms with van der Waals surface area (Å²) in [5, 5.41) is 9.21. The average molecular weight is 453 g/mol. The fourth-order valence-corrected chi connectivity index (χ4v) is 5.32. The molecule has 0 amide bonds. The van der Waals surface area contributed by atoms with Gasteiger partial charge >= 0.3 is 0 Å². The van der Waals surface area contributed by atoms with Crippen LogP contribution in [0.5, 0.6) is 11.5 Å². The molecule has 0 spiro atoms. The van der Waals surface area contributed by atoms with Crippen LogP contribution in [0.25, 0.3) is 11.1 Å². The third kappa shape index (κ3) is 3.94. The molecule has 0 radical (unpaired) electrons. The smallest absolute Gasteiger partial charge is 0.264 e. The number of rotatable bonds is 5. The van der Waals surface area contributed by atoms with E-state index in [1.54, 1.807) is 60.3 Å². The largest absolute Gasteiger partial charge is 0.495 e. The van der Waals surface area contributed by atoms with Crippen LogP contribution >= 0.6 is 11.8 Å². The molecular formula is C23H20N2O4S2. The molecule has 0 saturated carbocycles. The highest BCUT2D eigenvalue weighted by atomic mass is 32.2. The van der Waals surface area contributed by atoms with Gasteiger partial charge in [0.25, 0.3) is 10.0 Å². The van der Waals surface area contributed by atoms with E-state index >= 15 is 0 Å². The number of nitriles is 1. The molecule has 3 aromatic carbocycles. The highest BCUT2D eigenvalue weighted by Crippen LogP contribution is 2.39. The van der Waals surface area contributed by atoms with Crippen molar-refractivity contribution in [2.45, 2.75) is 9.79 Å². The fraction of sp³-hybridized carbons (Fsp3) is 0.174. The summed E-state index contributed by atoms with van der Waals surface area (Å²) in [6, 6.07) is 19.7. The first-order chi connectivity index (χ1) is 15.0. The molecule has 0 fully saturated rings. The number of fused-ring (bicyclic) bond motifs is 1. The van der Waals surface area contributed by atoms with E-state index < -0.39 is 10.0 Å². The molecule has 31 heavy (non-hydrogen) atoms. The minimum Gasteiger partial charge on any atom is -0.495 e. The average Bonchev–Trinajstić information content (AvgIpc) is 2.82. The predicted molar refractivity (Wildman–Crippen MR) is 121 cm³/mol.